The zero-order valence-electron chi connectivity index (χ0n) is 9.02. The zero-order valence-corrected chi connectivity index (χ0v) is 10.6. The minimum atomic E-state index is -0.0365. The average Bonchev–Trinajstić information content (AvgIpc) is 2.81. The molecule has 86 valence electrons. The Bertz CT molecular complexity index is 393. The number of halogens is 1. The van der Waals surface area contributed by atoms with E-state index in [0.29, 0.717) is 16.6 Å². The lowest BCUT2D eigenvalue weighted by atomic mass is 10.2. The third-order valence-electron chi connectivity index (χ3n) is 2.77. The van der Waals surface area contributed by atoms with E-state index in [1.54, 1.807) is 17.2 Å². The summed E-state index contributed by atoms with van der Waals surface area (Å²) in [5.74, 6) is 2.11. The van der Waals surface area contributed by atoms with Crippen molar-refractivity contribution in [3.63, 3.8) is 0 Å². The molecule has 0 bridgehead atoms. The van der Waals surface area contributed by atoms with Gasteiger partial charge in [-0.1, -0.05) is 11.6 Å². The van der Waals surface area contributed by atoms with E-state index >= 15 is 0 Å². The van der Waals surface area contributed by atoms with Crippen LogP contribution in [0.25, 0.3) is 0 Å². The first-order chi connectivity index (χ1) is 7.70. The molecule has 1 aliphatic heterocycles. The van der Waals surface area contributed by atoms with Crippen LogP contribution in [0.2, 0.25) is 5.02 Å². The maximum Gasteiger partial charge on any atom is 0.256 e. The number of hydrogen-bond donors (Lipinski definition) is 0. The van der Waals surface area contributed by atoms with Gasteiger partial charge in [0.1, 0.15) is 0 Å². The maximum absolute atomic E-state index is 12.1. The number of nitrogens with zero attached hydrogens (tertiary/aromatic N) is 2. The molecule has 1 saturated heterocycles. The quantitative estimate of drug-likeness (QED) is 0.814. The fraction of sp³-hybridized carbons (Fsp3) is 0.455. The van der Waals surface area contributed by atoms with E-state index in [9.17, 15) is 4.79 Å². The van der Waals surface area contributed by atoms with Crippen LogP contribution in [0.5, 0.6) is 0 Å². The highest BCUT2D eigenvalue weighted by atomic mass is 35.5. The van der Waals surface area contributed by atoms with Crippen LogP contribution in [-0.2, 0) is 0 Å². The lowest BCUT2D eigenvalue weighted by Crippen LogP contribution is -2.37. The molecule has 1 fully saturated rings. The Morgan fingerprint density at radius 2 is 2.50 bits per heavy atom. The Kier molecular flexibility index (Phi) is 3.71. The van der Waals surface area contributed by atoms with Gasteiger partial charge in [-0.15, -0.1) is 0 Å². The van der Waals surface area contributed by atoms with E-state index in [1.165, 1.54) is 6.20 Å². The summed E-state index contributed by atoms with van der Waals surface area (Å²) in [5, 5.41) is 0.470. The van der Waals surface area contributed by atoms with Gasteiger partial charge >= 0.3 is 0 Å². The molecule has 0 spiro atoms. The second kappa shape index (κ2) is 5.06. The maximum atomic E-state index is 12.1. The molecule has 1 aliphatic rings. The molecule has 1 amide bonds. The number of amides is 1. The van der Waals surface area contributed by atoms with Gasteiger partial charge < -0.3 is 4.90 Å². The van der Waals surface area contributed by atoms with E-state index in [-0.39, 0.29) is 5.91 Å². The first kappa shape index (κ1) is 11.7. The van der Waals surface area contributed by atoms with Crippen molar-refractivity contribution >= 4 is 29.3 Å². The van der Waals surface area contributed by atoms with Crippen LogP contribution >= 0.6 is 23.4 Å². The molecule has 2 heterocycles. The lowest BCUT2D eigenvalue weighted by Gasteiger charge is -2.23. The Morgan fingerprint density at radius 1 is 1.69 bits per heavy atom. The zero-order chi connectivity index (χ0) is 11.5. The van der Waals surface area contributed by atoms with Crippen molar-refractivity contribution in [1.82, 2.24) is 9.88 Å². The van der Waals surface area contributed by atoms with Gasteiger partial charge in [-0.2, -0.15) is 11.8 Å². The monoisotopic (exact) mass is 256 g/mol. The normalized spacial score (nSPS) is 19.8. The summed E-state index contributed by atoms with van der Waals surface area (Å²) in [6.07, 6.45) is 4.18. The first-order valence-electron chi connectivity index (χ1n) is 5.14. The van der Waals surface area contributed by atoms with Gasteiger partial charge in [0.2, 0.25) is 0 Å². The average molecular weight is 257 g/mol. The van der Waals surface area contributed by atoms with Crippen molar-refractivity contribution < 1.29 is 4.79 Å². The van der Waals surface area contributed by atoms with Crippen LogP contribution in [0.1, 0.15) is 16.8 Å². The van der Waals surface area contributed by atoms with Crippen LogP contribution in [0.4, 0.5) is 0 Å². The first-order valence-corrected chi connectivity index (χ1v) is 6.68. The molecule has 16 heavy (non-hydrogen) atoms. The summed E-state index contributed by atoms with van der Waals surface area (Å²) in [6, 6.07) is 1.97. The summed E-state index contributed by atoms with van der Waals surface area (Å²) >= 11 is 7.86. The van der Waals surface area contributed by atoms with Gasteiger partial charge in [0.05, 0.1) is 10.6 Å². The molecule has 1 atom stereocenters. The predicted molar refractivity (Wildman–Crippen MR) is 67.1 cm³/mol. The summed E-state index contributed by atoms with van der Waals surface area (Å²) in [7, 11) is 1.84. The number of aromatic nitrogens is 1. The molecule has 1 unspecified atom stereocenters. The standard InChI is InChI=1S/C11H13ClN2OS/c1-14(8-3-5-16-7-8)11(15)9-6-13-4-2-10(9)12/h2,4,6,8H,3,5,7H2,1H3. The molecule has 2 rings (SSSR count). The van der Waals surface area contributed by atoms with E-state index in [1.807, 2.05) is 18.8 Å². The van der Waals surface area contributed by atoms with Gasteiger partial charge in [0, 0.05) is 31.2 Å². The molecule has 0 N–H and O–H groups in total. The molecule has 0 aromatic carbocycles. The number of rotatable bonds is 2. The molecule has 0 saturated carbocycles. The Hall–Kier alpha value is -0.740. The third-order valence-corrected chi connectivity index (χ3v) is 4.25. The minimum Gasteiger partial charge on any atom is -0.338 e. The fourth-order valence-corrected chi connectivity index (χ4v) is 3.17. The van der Waals surface area contributed by atoms with E-state index in [4.69, 9.17) is 11.6 Å². The fourth-order valence-electron chi connectivity index (χ4n) is 1.72. The topological polar surface area (TPSA) is 33.2 Å². The molecule has 0 aliphatic carbocycles. The lowest BCUT2D eigenvalue weighted by molar-refractivity contribution is 0.0747. The summed E-state index contributed by atoms with van der Waals surface area (Å²) in [5.41, 5.74) is 0.489. The number of thioether (sulfide) groups is 1. The van der Waals surface area contributed by atoms with Crippen LogP contribution < -0.4 is 0 Å². The third kappa shape index (κ3) is 2.33. The molecule has 0 radical (unpaired) electrons. The van der Waals surface area contributed by atoms with Crippen molar-refractivity contribution in [1.29, 1.82) is 0 Å². The van der Waals surface area contributed by atoms with Crippen molar-refractivity contribution in [3.05, 3.63) is 29.0 Å². The second-order valence-electron chi connectivity index (χ2n) is 3.79. The molecule has 3 nitrogen and oxygen atoms in total. The van der Waals surface area contributed by atoms with Crippen molar-refractivity contribution in [2.24, 2.45) is 0 Å². The van der Waals surface area contributed by atoms with Crippen molar-refractivity contribution in [3.8, 4) is 0 Å². The number of carbonyl (C=O) groups is 1. The molecular formula is C11H13ClN2OS. The van der Waals surface area contributed by atoms with Gasteiger partial charge in [-0.3, -0.25) is 9.78 Å². The summed E-state index contributed by atoms with van der Waals surface area (Å²) in [4.78, 5) is 17.9. The highest BCUT2D eigenvalue weighted by Gasteiger charge is 2.25. The molecular weight excluding hydrogens is 244 g/mol. The van der Waals surface area contributed by atoms with Gasteiger partial charge in [-0.25, -0.2) is 0 Å². The van der Waals surface area contributed by atoms with Gasteiger partial charge in [0.25, 0.3) is 5.91 Å². The highest BCUT2D eigenvalue weighted by molar-refractivity contribution is 7.99. The van der Waals surface area contributed by atoms with Crippen molar-refractivity contribution in [2.45, 2.75) is 12.5 Å². The van der Waals surface area contributed by atoms with Gasteiger partial charge in [0.15, 0.2) is 0 Å². The van der Waals surface area contributed by atoms with Crippen LogP contribution in [0, 0.1) is 0 Å². The van der Waals surface area contributed by atoms with E-state index in [2.05, 4.69) is 4.98 Å². The Labute approximate surface area is 104 Å². The summed E-state index contributed by atoms with van der Waals surface area (Å²) < 4.78 is 0. The number of carbonyl (C=O) groups excluding carboxylic acids is 1. The summed E-state index contributed by atoms with van der Waals surface area (Å²) in [6.45, 7) is 0. The van der Waals surface area contributed by atoms with Gasteiger partial charge in [-0.05, 0) is 18.2 Å². The van der Waals surface area contributed by atoms with E-state index < -0.39 is 0 Å². The highest BCUT2D eigenvalue weighted by Crippen LogP contribution is 2.24. The number of hydrogen-bond acceptors (Lipinski definition) is 3. The smallest absolute Gasteiger partial charge is 0.256 e. The SMILES string of the molecule is CN(C(=O)c1cnccc1Cl)C1CCSC1. The molecule has 5 heteroatoms. The molecule has 1 aromatic rings. The largest absolute Gasteiger partial charge is 0.338 e. The molecule has 1 aromatic heterocycles. The Morgan fingerprint density at radius 3 is 3.12 bits per heavy atom. The van der Waals surface area contributed by atoms with Crippen LogP contribution in [0.3, 0.4) is 0 Å². The second-order valence-corrected chi connectivity index (χ2v) is 5.35. The predicted octanol–water partition coefficient (Wildman–Crippen LogP) is 2.31. The number of pyridine rings is 1. The van der Waals surface area contributed by atoms with Crippen molar-refractivity contribution in [2.75, 3.05) is 18.6 Å². The Balaban J connectivity index is 2.15. The van der Waals surface area contributed by atoms with Crippen LogP contribution in [-0.4, -0.2) is 40.4 Å². The van der Waals surface area contributed by atoms with E-state index in [0.717, 1.165) is 17.9 Å². The van der Waals surface area contributed by atoms with Crippen LogP contribution in [0.15, 0.2) is 18.5 Å². The minimum absolute atomic E-state index is 0.0365.